The maximum Gasteiger partial charge on any atom is 0.254 e. The van der Waals surface area contributed by atoms with Gasteiger partial charge in [0.15, 0.2) is 0 Å². The first-order chi connectivity index (χ1) is 11.9. The summed E-state index contributed by atoms with van der Waals surface area (Å²) in [7, 11) is 0. The molecule has 1 aromatic rings. The van der Waals surface area contributed by atoms with E-state index in [4.69, 9.17) is 0 Å². The molecule has 0 radical (unpaired) electrons. The molecule has 0 unspecified atom stereocenters. The Labute approximate surface area is 153 Å². The summed E-state index contributed by atoms with van der Waals surface area (Å²) in [6.45, 7) is 0.541. The van der Waals surface area contributed by atoms with Crippen molar-refractivity contribution in [1.29, 1.82) is 0 Å². The van der Waals surface area contributed by atoms with Crippen molar-refractivity contribution in [1.82, 2.24) is 10.2 Å². The van der Waals surface area contributed by atoms with E-state index in [-0.39, 0.29) is 29.8 Å². The Morgan fingerprint density at radius 2 is 2.08 bits per heavy atom. The van der Waals surface area contributed by atoms with Crippen LogP contribution in [0, 0.1) is 5.92 Å². The molecule has 4 rings (SSSR count). The lowest BCUT2D eigenvalue weighted by molar-refractivity contribution is -0.124. The Kier molecular flexibility index (Phi) is 4.09. The lowest BCUT2D eigenvalue weighted by atomic mass is 9.80. The first-order valence-electron chi connectivity index (χ1n) is 8.55. The molecule has 134 valence electrons. The summed E-state index contributed by atoms with van der Waals surface area (Å²) in [6, 6.07) is 5.47. The number of halogens is 3. The summed E-state index contributed by atoms with van der Waals surface area (Å²) in [4.78, 5) is 26.6. The van der Waals surface area contributed by atoms with Crippen molar-refractivity contribution in [3.8, 4) is 0 Å². The van der Waals surface area contributed by atoms with Crippen LogP contribution in [-0.4, -0.2) is 42.3 Å². The second-order valence-corrected chi connectivity index (χ2v) is 8.38. The summed E-state index contributed by atoms with van der Waals surface area (Å²) < 4.78 is 26.0. The van der Waals surface area contributed by atoms with Gasteiger partial charge in [-0.25, -0.2) is 8.78 Å². The molecular weight excluding hydrogens is 394 g/mol. The Balaban J connectivity index is 1.41. The summed E-state index contributed by atoms with van der Waals surface area (Å²) in [5.74, 6) is -1.00. The van der Waals surface area contributed by atoms with E-state index in [0.717, 1.165) is 22.9 Å². The van der Waals surface area contributed by atoms with Gasteiger partial charge in [-0.15, -0.1) is 0 Å². The summed E-state index contributed by atoms with van der Waals surface area (Å²) in [5.41, 5.74) is 1.72. The minimum absolute atomic E-state index is 0.00800. The summed E-state index contributed by atoms with van der Waals surface area (Å²) in [6.07, 6.45) is 0.347. The van der Waals surface area contributed by atoms with E-state index < -0.39 is 12.3 Å². The van der Waals surface area contributed by atoms with Crippen molar-refractivity contribution < 1.29 is 18.4 Å². The lowest BCUT2D eigenvalue weighted by Gasteiger charge is -2.37. The van der Waals surface area contributed by atoms with Crippen LogP contribution in [0.25, 0.3) is 0 Å². The molecule has 1 heterocycles. The van der Waals surface area contributed by atoms with Crippen LogP contribution in [-0.2, 0) is 10.2 Å². The molecule has 2 aliphatic carbocycles. The van der Waals surface area contributed by atoms with E-state index in [1.54, 1.807) is 4.90 Å². The van der Waals surface area contributed by atoms with Gasteiger partial charge in [-0.05, 0) is 49.4 Å². The number of nitrogens with zero attached hydrogens (tertiary/aromatic N) is 1. The summed E-state index contributed by atoms with van der Waals surface area (Å²) in [5, 5.41) is 2.78. The molecular formula is C18H19BrF2N2O2. The zero-order valence-electron chi connectivity index (χ0n) is 13.6. The van der Waals surface area contributed by atoms with Gasteiger partial charge in [0.25, 0.3) is 5.91 Å². The number of benzene rings is 1. The third kappa shape index (κ3) is 3.07. The van der Waals surface area contributed by atoms with Crippen molar-refractivity contribution in [2.75, 3.05) is 13.1 Å². The molecule has 2 amide bonds. The average Bonchev–Trinajstić information content (AvgIpc) is 3.28. The smallest absolute Gasteiger partial charge is 0.254 e. The highest BCUT2D eigenvalue weighted by Gasteiger charge is 2.51. The van der Waals surface area contributed by atoms with E-state index in [9.17, 15) is 18.4 Å². The zero-order chi connectivity index (χ0) is 17.8. The van der Waals surface area contributed by atoms with E-state index in [1.807, 2.05) is 18.2 Å². The first kappa shape index (κ1) is 16.9. The van der Waals surface area contributed by atoms with Crippen molar-refractivity contribution in [3.05, 3.63) is 33.8 Å². The number of amides is 2. The lowest BCUT2D eigenvalue weighted by Crippen LogP contribution is -2.52. The molecule has 4 nitrogen and oxygen atoms in total. The predicted octanol–water partition coefficient (Wildman–Crippen LogP) is 3.10. The molecule has 3 aliphatic rings. The molecule has 2 fully saturated rings. The normalized spacial score (nSPS) is 26.4. The minimum Gasteiger partial charge on any atom is -0.352 e. The number of hydrogen-bond donors (Lipinski definition) is 1. The van der Waals surface area contributed by atoms with Crippen molar-refractivity contribution in [3.63, 3.8) is 0 Å². The molecule has 7 heteroatoms. The molecule has 25 heavy (non-hydrogen) atoms. The Morgan fingerprint density at radius 3 is 2.72 bits per heavy atom. The standard InChI is InChI=1S/C18H19BrF2N2O2/c19-11-1-2-13-14(7-11)18(3-4-18)9-23(17(13)25)8-15(24)22-12-5-10(6-12)16(20)21/h1-2,7,10,12,16H,3-6,8-9H2,(H,22,24). The zero-order valence-corrected chi connectivity index (χ0v) is 15.2. The van der Waals surface area contributed by atoms with Gasteiger partial charge in [0.1, 0.15) is 0 Å². The van der Waals surface area contributed by atoms with Crippen molar-refractivity contribution in [2.45, 2.75) is 43.6 Å². The van der Waals surface area contributed by atoms with Gasteiger partial charge in [-0.1, -0.05) is 15.9 Å². The Morgan fingerprint density at radius 1 is 1.36 bits per heavy atom. The first-order valence-corrected chi connectivity index (χ1v) is 9.34. The Hall–Kier alpha value is -1.50. The third-order valence-corrected chi connectivity index (χ3v) is 6.14. The third-order valence-electron chi connectivity index (χ3n) is 5.65. The van der Waals surface area contributed by atoms with Crippen LogP contribution in [0.15, 0.2) is 22.7 Å². The molecule has 1 aromatic carbocycles. The van der Waals surface area contributed by atoms with E-state index >= 15 is 0 Å². The molecule has 1 spiro atoms. The van der Waals surface area contributed by atoms with Crippen molar-refractivity contribution in [2.24, 2.45) is 5.92 Å². The van der Waals surface area contributed by atoms with Crippen LogP contribution in [0.1, 0.15) is 41.6 Å². The van der Waals surface area contributed by atoms with E-state index in [1.165, 1.54) is 0 Å². The number of hydrogen-bond acceptors (Lipinski definition) is 2. The van der Waals surface area contributed by atoms with Crippen molar-refractivity contribution >= 4 is 27.7 Å². The van der Waals surface area contributed by atoms with Crippen LogP contribution in [0.5, 0.6) is 0 Å². The predicted molar refractivity (Wildman–Crippen MR) is 91.6 cm³/mol. The number of nitrogens with one attached hydrogen (secondary N) is 1. The summed E-state index contributed by atoms with van der Waals surface area (Å²) >= 11 is 3.46. The van der Waals surface area contributed by atoms with Crippen LogP contribution < -0.4 is 5.32 Å². The Bertz CT molecular complexity index is 730. The quantitative estimate of drug-likeness (QED) is 0.825. The monoisotopic (exact) mass is 412 g/mol. The fourth-order valence-corrected chi connectivity index (χ4v) is 4.33. The minimum atomic E-state index is -2.32. The number of alkyl halides is 2. The van der Waals surface area contributed by atoms with Gasteiger partial charge in [0.05, 0.1) is 6.54 Å². The van der Waals surface area contributed by atoms with Gasteiger partial charge in [-0.2, -0.15) is 0 Å². The average molecular weight is 413 g/mol. The van der Waals surface area contributed by atoms with E-state index in [0.29, 0.717) is 24.9 Å². The van der Waals surface area contributed by atoms with E-state index in [2.05, 4.69) is 21.2 Å². The van der Waals surface area contributed by atoms with Crippen LogP contribution in [0.4, 0.5) is 8.78 Å². The van der Waals surface area contributed by atoms with Gasteiger partial charge < -0.3 is 10.2 Å². The van der Waals surface area contributed by atoms with Gasteiger partial charge >= 0.3 is 0 Å². The molecule has 1 aliphatic heterocycles. The number of carbonyl (C=O) groups excluding carboxylic acids is 2. The van der Waals surface area contributed by atoms with Crippen LogP contribution in [0.2, 0.25) is 0 Å². The highest BCUT2D eigenvalue weighted by atomic mass is 79.9. The number of fused-ring (bicyclic) bond motifs is 2. The highest BCUT2D eigenvalue weighted by molar-refractivity contribution is 9.10. The molecule has 0 saturated heterocycles. The number of carbonyl (C=O) groups is 2. The van der Waals surface area contributed by atoms with Crippen LogP contribution in [0.3, 0.4) is 0 Å². The second kappa shape index (κ2) is 6.04. The molecule has 1 N–H and O–H groups in total. The maximum atomic E-state index is 12.7. The van der Waals surface area contributed by atoms with Gasteiger partial charge in [-0.3, -0.25) is 9.59 Å². The fourth-order valence-electron chi connectivity index (χ4n) is 3.97. The molecule has 0 bridgehead atoms. The second-order valence-electron chi connectivity index (χ2n) is 7.46. The fraction of sp³-hybridized carbons (Fsp3) is 0.556. The topological polar surface area (TPSA) is 49.4 Å². The molecule has 2 saturated carbocycles. The van der Waals surface area contributed by atoms with Gasteiger partial charge in [0.2, 0.25) is 12.3 Å². The number of rotatable bonds is 4. The molecule has 0 atom stereocenters. The SMILES string of the molecule is O=C(CN1CC2(CC2)c2cc(Br)ccc2C1=O)NC1CC(C(F)F)C1. The molecule has 0 aromatic heterocycles. The van der Waals surface area contributed by atoms with Gasteiger partial charge in [0, 0.05) is 34.0 Å². The largest absolute Gasteiger partial charge is 0.352 e. The van der Waals surface area contributed by atoms with Crippen LogP contribution >= 0.6 is 15.9 Å². The maximum absolute atomic E-state index is 12.7. The highest BCUT2D eigenvalue weighted by Crippen LogP contribution is 2.52.